The Labute approximate surface area is 74.2 Å². The number of rotatable bonds is 4. The highest BCUT2D eigenvalue weighted by molar-refractivity contribution is 7.88. The van der Waals surface area contributed by atoms with Gasteiger partial charge in [-0.15, -0.1) is 0 Å². The number of hydrogen-bond acceptors (Lipinski definition) is 3. The van der Waals surface area contributed by atoms with Gasteiger partial charge < -0.3 is 0 Å². The third kappa shape index (κ3) is 1.98. The molecule has 0 aromatic heterocycles. The quantitative estimate of drug-likeness (QED) is 0.503. The first-order chi connectivity index (χ1) is 5.58. The van der Waals surface area contributed by atoms with E-state index in [-0.39, 0.29) is 11.4 Å². The lowest BCUT2D eigenvalue weighted by molar-refractivity contribution is 0.149. The van der Waals surface area contributed by atoms with E-state index >= 15 is 0 Å². The van der Waals surface area contributed by atoms with Gasteiger partial charge in [0.05, 0.1) is 6.10 Å². The Morgan fingerprint density at radius 1 is 1.33 bits per heavy atom. The normalized spacial score (nSPS) is 32.8. The molecule has 1 saturated heterocycles. The third-order valence-electron chi connectivity index (χ3n) is 2.27. The highest BCUT2D eigenvalue weighted by Gasteiger charge is 2.43. The van der Waals surface area contributed by atoms with E-state index < -0.39 is 10.1 Å². The summed E-state index contributed by atoms with van der Waals surface area (Å²) < 4.78 is 26.6. The fraction of sp³-hybridized carbons (Fsp3) is 1.00. The van der Waals surface area contributed by atoms with Gasteiger partial charge in [0.15, 0.2) is 0 Å². The van der Waals surface area contributed by atoms with Crippen LogP contribution in [0.2, 0.25) is 0 Å². The predicted octanol–water partition coefficient (Wildman–Crippen LogP) is 1.68. The number of hydrogen-bond donors (Lipinski definition) is 0. The van der Waals surface area contributed by atoms with E-state index in [0.29, 0.717) is 0 Å². The molecule has 72 valence electrons. The van der Waals surface area contributed by atoms with Crippen LogP contribution < -0.4 is 0 Å². The molecule has 1 aliphatic heterocycles. The standard InChI is InChI=1S/C8H16O3S/c1-3-4-5-6-8-7(2)11-12(8,9)10/h7-8H,3-6H2,1-2H3. The van der Waals surface area contributed by atoms with Crippen molar-refractivity contribution < 1.29 is 12.6 Å². The van der Waals surface area contributed by atoms with E-state index in [1.54, 1.807) is 0 Å². The van der Waals surface area contributed by atoms with Crippen molar-refractivity contribution in [3.05, 3.63) is 0 Å². The minimum absolute atomic E-state index is 0.0909. The largest absolute Gasteiger partial charge is 0.273 e. The van der Waals surface area contributed by atoms with E-state index in [1.807, 2.05) is 6.92 Å². The number of unbranched alkanes of at least 4 members (excludes halogenated alkanes) is 2. The molecule has 2 unspecified atom stereocenters. The van der Waals surface area contributed by atoms with Crippen molar-refractivity contribution in [2.75, 3.05) is 0 Å². The smallest absolute Gasteiger partial charge is 0.265 e. The predicted molar refractivity (Wildman–Crippen MR) is 47.4 cm³/mol. The zero-order chi connectivity index (χ0) is 9.19. The van der Waals surface area contributed by atoms with Gasteiger partial charge in [-0.1, -0.05) is 26.2 Å². The van der Waals surface area contributed by atoms with Gasteiger partial charge in [-0.2, -0.15) is 8.42 Å². The maximum atomic E-state index is 11.0. The molecule has 3 nitrogen and oxygen atoms in total. The highest BCUT2D eigenvalue weighted by Crippen LogP contribution is 2.29. The summed E-state index contributed by atoms with van der Waals surface area (Å²) in [6.07, 6.45) is 3.90. The average molecular weight is 192 g/mol. The van der Waals surface area contributed by atoms with Gasteiger partial charge in [0.25, 0.3) is 10.1 Å². The zero-order valence-electron chi connectivity index (χ0n) is 7.62. The van der Waals surface area contributed by atoms with Crippen LogP contribution in [0.5, 0.6) is 0 Å². The van der Waals surface area contributed by atoms with Crippen molar-refractivity contribution in [3.8, 4) is 0 Å². The molecule has 0 N–H and O–H groups in total. The first-order valence-corrected chi connectivity index (χ1v) is 5.97. The maximum absolute atomic E-state index is 11.0. The first-order valence-electron chi connectivity index (χ1n) is 4.50. The lowest BCUT2D eigenvalue weighted by Crippen LogP contribution is -2.47. The van der Waals surface area contributed by atoms with Crippen molar-refractivity contribution in [2.45, 2.75) is 50.9 Å². The van der Waals surface area contributed by atoms with Crippen LogP contribution in [0.15, 0.2) is 0 Å². The molecule has 0 bridgehead atoms. The second-order valence-corrected chi connectivity index (χ2v) is 5.11. The van der Waals surface area contributed by atoms with Crippen LogP contribution in [0.1, 0.15) is 39.5 Å². The van der Waals surface area contributed by atoms with Crippen LogP contribution in [0, 0.1) is 0 Å². The molecule has 0 aromatic rings. The van der Waals surface area contributed by atoms with Crippen LogP contribution in [0.3, 0.4) is 0 Å². The van der Waals surface area contributed by atoms with Gasteiger partial charge in [0.2, 0.25) is 0 Å². The first kappa shape index (κ1) is 9.99. The molecule has 0 aliphatic carbocycles. The van der Waals surface area contributed by atoms with Crippen LogP contribution >= 0.6 is 0 Å². The van der Waals surface area contributed by atoms with Crippen LogP contribution in [0.25, 0.3) is 0 Å². The molecule has 0 aromatic carbocycles. The minimum Gasteiger partial charge on any atom is -0.265 e. The Balaban J connectivity index is 2.32. The van der Waals surface area contributed by atoms with Crippen molar-refractivity contribution in [3.63, 3.8) is 0 Å². The van der Waals surface area contributed by atoms with E-state index in [9.17, 15) is 8.42 Å². The van der Waals surface area contributed by atoms with Crippen LogP contribution in [-0.2, 0) is 14.3 Å². The summed E-state index contributed by atoms with van der Waals surface area (Å²) in [4.78, 5) is 0. The summed E-state index contributed by atoms with van der Waals surface area (Å²) in [7, 11) is -3.15. The molecule has 0 amide bonds. The Bertz CT molecular complexity index is 233. The fourth-order valence-corrected chi connectivity index (χ4v) is 3.01. The molecule has 12 heavy (non-hydrogen) atoms. The van der Waals surface area contributed by atoms with Gasteiger partial charge in [0.1, 0.15) is 5.25 Å². The van der Waals surface area contributed by atoms with Crippen LogP contribution in [0.4, 0.5) is 0 Å². The van der Waals surface area contributed by atoms with Gasteiger partial charge in [0, 0.05) is 0 Å². The van der Waals surface area contributed by atoms with Crippen molar-refractivity contribution in [2.24, 2.45) is 0 Å². The molecule has 1 aliphatic rings. The van der Waals surface area contributed by atoms with E-state index in [1.165, 1.54) is 0 Å². The van der Waals surface area contributed by atoms with Crippen molar-refractivity contribution in [1.82, 2.24) is 0 Å². The second-order valence-electron chi connectivity index (χ2n) is 3.33. The SMILES string of the molecule is CCCCCC1C(C)OS1(=O)=O. The molecular weight excluding hydrogens is 176 g/mol. The highest BCUT2D eigenvalue weighted by atomic mass is 32.2. The van der Waals surface area contributed by atoms with Crippen LogP contribution in [-0.4, -0.2) is 19.8 Å². The topological polar surface area (TPSA) is 43.4 Å². The van der Waals surface area contributed by atoms with E-state index in [4.69, 9.17) is 0 Å². The molecule has 0 radical (unpaired) electrons. The molecule has 1 rings (SSSR count). The Morgan fingerprint density at radius 3 is 2.42 bits per heavy atom. The Hall–Kier alpha value is -0.0900. The molecule has 1 heterocycles. The molecule has 0 saturated carbocycles. The van der Waals surface area contributed by atoms with Gasteiger partial charge in [-0.05, 0) is 13.3 Å². The summed E-state index contributed by atoms with van der Waals surface area (Å²) in [6.45, 7) is 3.92. The molecular formula is C8H16O3S. The Morgan fingerprint density at radius 2 is 2.00 bits per heavy atom. The molecule has 0 spiro atoms. The van der Waals surface area contributed by atoms with Gasteiger partial charge >= 0.3 is 0 Å². The summed E-state index contributed by atoms with van der Waals surface area (Å²) in [5.74, 6) is 0. The molecule has 4 heteroatoms. The summed E-state index contributed by atoms with van der Waals surface area (Å²) in [6, 6.07) is 0. The van der Waals surface area contributed by atoms with Gasteiger partial charge in [-0.3, -0.25) is 4.18 Å². The summed E-state index contributed by atoms with van der Waals surface area (Å²) >= 11 is 0. The lowest BCUT2D eigenvalue weighted by atomic mass is 10.1. The van der Waals surface area contributed by atoms with E-state index in [2.05, 4.69) is 11.1 Å². The third-order valence-corrected chi connectivity index (χ3v) is 4.20. The average Bonchev–Trinajstić information content (AvgIpc) is 1.97. The minimum atomic E-state index is -3.15. The molecule has 2 atom stereocenters. The summed E-state index contributed by atoms with van der Waals surface area (Å²) in [5.41, 5.74) is 0. The van der Waals surface area contributed by atoms with Gasteiger partial charge in [-0.25, -0.2) is 0 Å². The fourth-order valence-electron chi connectivity index (χ4n) is 1.50. The lowest BCUT2D eigenvalue weighted by Gasteiger charge is -2.32. The summed E-state index contributed by atoms with van der Waals surface area (Å²) in [5, 5.41) is -0.232. The van der Waals surface area contributed by atoms with Crippen molar-refractivity contribution in [1.29, 1.82) is 0 Å². The molecule has 1 fully saturated rings. The second kappa shape index (κ2) is 3.75. The zero-order valence-corrected chi connectivity index (χ0v) is 8.43. The van der Waals surface area contributed by atoms with Crippen molar-refractivity contribution >= 4 is 10.1 Å². The maximum Gasteiger partial charge on any atom is 0.273 e. The van der Waals surface area contributed by atoms with E-state index in [0.717, 1.165) is 25.7 Å². The Kier molecular flexibility index (Phi) is 3.12. The monoisotopic (exact) mass is 192 g/mol.